The lowest BCUT2D eigenvalue weighted by molar-refractivity contribution is -0.120. The molecule has 0 unspecified atom stereocenters. The van der Waals surface area contributed by atoms with E-state index in [2.05, 4.69) is 22.8 Å². The Kier molecular flexibility index (Phi) is 7.54. The summed E-state index contributed by atoms with van der Waals surface area (Å²) in [6, 6.07) is 8.21. The zero-order valence-electron chi connectivity index (χ0n) is 14.9. The summed E-state index contributed by atoms with van der Waals surface area (Å²) in [4.78, 5) is 12.1. The molecule has 140 valence electrons. The first-order valence-corrected chi connectivity index (χ1v) is 8.91. The molecule has 2 aliphatic rings. The van der Waals surface area contributed by atoms with Crippen molar-refractivity contribution in [3.63, 3.8) is 0 Å². The number of halogens is 1. The predicted molar refractivity (Wildman–Crippen MR) is 101 cm³/mol. The predicted octanol–water partition coefficient (Wildman–Crippen LogP) is 2.28. The van der Waals surface area contributed by atoms with Crippen molar-refractivity contribution in [2.24, 2.45) is 5.92 Å². The van der Waals surface area contributed by atoms with Gasteiger partial charge in [-0.15, -0.1) is 12.4 Å². The fraction of sp³-hybridized carbons (Fsp3) is 0.632. The Balaban J connectivity index is 0.00000225. The van der Waals surface area contributed by atoms with Crippen LogP contribution in [-0.4, -0.2) is 45.9 Å². The number of amides is 1. The van der Waals surface area contributed by atoms with Gasteiger partial charge in [0.25, 0.3) is 0 Å². The zero-order valence-corrected chi connectivity index (χ0v) is 15.7. The normalized spacial score (nSPS) is 18.9. The van der Waals surface area contributed by atoms with Crippen LogP contribution in [0.4, 0.5) is 0 Å². The third-order valence-corrected chi connectivity index (χ3v) is 5.19. The van der Waals surface area contributed by atoms with E-state index in [-0.39, 0.29) is 23.7 Å². The largest absolute Gasteiger partial charge is 0.497 e. The maximum Gasteiger partial charge on any atom is 0.233 e. The molecule has 3 rings (SSSR count). The van der Waals surface area contributed by atoms with Crippen LogP contribution in [0.5, 0.6) is 5.75 Å². The lowest BCUT2D eigenvalue weighted by Crippen LogP contribution is -2.46. The van der Waals surface area contributed by atoms with Crippen molar-refractivity contribution in [2.45, 2.75) is 31.1 Å². The fourth-order valence-electron chi connectivity index (χ4n) is 3.32. The number of carbonyl (C=O) groups excluding carboxylic acids is 1. The van der Waals surface area contributed by atoms with Gasteiger partial charge < -0.3 is 20.1 Å². The standard InChI is InChI=1S/C19H28N2O3.ClH/c1-23-17-6-4-16(5-7-17)19(8-10-24-11-9-19)14-21-18(22)13-20-12-15-2-3-15;/h4-7,15,20H,2-3,8-14H2,1H3,(H,21,22);1H. The molecule has 25 heavy (non-hydrogen) atoms. The summed E-state index contributed by atoms with van der Waals surface area (Å²) in [6.07, 6.45) is 4.45. The summed E-state index contributed by atoms with van der Waals surface area (Å²) in [6.45, 7) is 3.51. The molecule has 1 saturated carbocycles. The van der Waals surface area contributed by atoms with Crippen LogP contribution >= 0.6 is 12.4 Å². The topological polar surface area (TPSA) is 59.6 Å². The molecule has 0 aromatic heterocycles. The summed E-state index contributed by atoms with van der Waals surface area (Å²) >= 11 is 0. The van der Waals surface area contributed by atoms with Crippen LogP contribution in [0.3, 0.4) is 0 Å². The molecule has 1 amide bonds. The quantitative estimate of drug-likeness (QED) is 0.739. The Morgan fingerprint density at radius 3 is 2.52 bits per heavy atom. The molecule has 1 aromatic carbocycles. The molecule has 0 spiro atoms. The Bertz CT molecular complexity index is 540. The van der Waals surface area contributed by atoms with E-state index in [0.717, 1.165) is 44.3 Å². The van der Waals surface area contributed by atoms with Gasteiger partial charge in [0.15, 0.2) is 0 Å². The van der Waals surface area contributed by atoms with Gasteiger partial charge in [-0.3, -0.25) is 4.79 Å². The maximum absolute atomic E-state index is 12.1. The van der Waals surface area contributed by atoms with Gasteiger partial charge in [-0.2, -0.15) is 0 Å². The van der Waals surface area contributed by atoms with Crippen molar-refractivity contribution < 1.29 is 14.3 Å². The molecule has 6 heteroatoms. The first-order chi connectivity index (χ1) is 11.7. The van der Waals surface area contributed by atoms with Crippen LogP contribution in [0.25, 0.3) is 0 Å². The van der Waals surface area contributed by atoms with Gasteiger partial charge in [0.1, 0.15) is 5.75 Å². The van der Waals surface area contributed by atoms with Crippen LogP contribution in [0.2, 0.25) is 0 Å². The second-order valence-corrected chi connectivity index (χ2v) is 6.97. The van der Waals surface area contributed by atoms with Gasteiger partial charge in [0.05, 0.1) is 13.7 Å². The van der Waals surface area contributed by atoms with Crippen LogP contribution in [0.1, 0.15) is 31.2 Å². The molecule has 2 N–H and O–H groups in total. The average molecular weight is 369 g/mol. The minimum Gasteiger partial charge on any atom is -0.497 e. The number of nitrogens with one attached hydrogen (secondary N) is 2. The van der Waals surface area contributed by atoms with E-state index in [4.69, 9.17) is 9.47 Å². The Morgan fingerprint density at radius 1 is 1.24 bits per heavy atom. The fourth-order valence-corrected chi connectivity index (χ4v) is 3.32. The molecule has 1 saturated heterocycles. The van der Waals surface area contributed by atoms with E-state index in [9.17, 15) is 4.79 Å². The maximum atomic E-state index is 12.1. The van der Waals surface area contributed by atoms with Crippen LogP contribution in [0.15, 0.2) is 24.3 Å². The Hall–Kier alpha value is -1.30. The summed E-state index contributed by atoms with van der Waals surface area (Å²) in [5.74, 6) is 1.73. The lowest BCUT2D eigenvalue weighted by Gasteiger charge is -2.38. The van der Waals surface area contributed by atoms with Gasteiger partial charge in [0, 0.05) is 25.2 Å². The lowest BCUT2D eigenvalue weighted by atomic mass is 9.74. The minimum absolute atomic E-state index is 0. The molecule has 0 atom stereocenters. The van der Waals surface area contributed by atoms with Crippen molar-refractivity contribution in [1.82, 2.24) is 10.6 Å². The summed E-state index contributed by atoms with van der Waals surface area (Å²) in [5.41, 5.74) is 1.20. The molecule has 0 radical (unpaired) electrons. The Morgan fingerprint density at radius 2 is 1.92 bits per heavy atom. The number of hydrogen-bond donors (Lipinski definition) is 2. The summed E-state index contributed by atoms with van der Waals surface area (Å²) in [5, 5.41) is 6.38. The van der Waals surface area contributed by atoms with E-state index in [0.29, 0.717) is 13.1 Å². The summed E-state index contributed by atoms with van der Waals surface area (Å²) < 4.78 is 10.8. The van der Waals surface area contributed by atoms with Crippen LogP contribution in [0, 0.1) is 5.92 Å². The number of methoxy groups -OCH3 is 1. The van der Waals surface area contributed by atoms with Gasteiger partial charge in [0.2, 0.25) is 5.91 Å². The number of carbonyl (C=O) groups is 1. The van der Waals surface area contributed by atoms with Gasteiger partial charge in [-0.25, -0.2) is 0 Å². The van der Waals surface area contributed by atoms with Gasteiger partial charge >= 0.3 is 0 Å². The number of ether oxygens (including phenoxy) is 2. The highest BCUT2D eigenvalue weighted by Crippen LogP contribution is 2.35. The van der Waals surface area contributed by atoms with E-state index in [1.54, 1.807) is 7.11 Å². The monoisotopic (exact) mass is 368 g/mol. The first-order valence-electron chi connectivity index (χ1n) is 8.91. The van der Waals surface area contributed by atoms with Crippen molar-refractivity contribution in [2.75, 3.05) is 40.0 Å². The average Bonchev–Trinajstić information content (AvgIpc) is 3.45. The number of benzene rings is 1. The van der Waals surface area contributed by atoms with Crippen molar-refractivity contribution in [1.29, 1.82) is 0 Å². The van der Waals surface area contributed by atoms with E-state index < -0.39 is 0 Å². The second-order valence-electron chi connectivity index (χ2n) is 6.97. The molecule has 1 aromatic rings. The first kappa shape index (κ1) is 20.0. The molecular weight excluding hydrogens is 340 g/mol. The third-order valence-electron chi connectivity index (χ3n) is 5.19. The Labute approximate surface area is 156 Å². The van der Waals surface area contributed by atoms with E-state index in [1.165, 1.54) is 18.4 Å². The van der Waals surface area contributed by atoms with Crippen molar-refractivity contribution in [3.8, 4) is 5.75 Å². The highest BCUT2D eigenvalue weighted by Gasteiger charge is 2.34. The smallest absolute Gasteiger partial charge is 0.233 e. The van der Waals surface area contributed by atoms with Crippen molar-refractivity contribution >= 4 is 18.3 Å². The second kappa shape index (κ2) is 9.41. The highest BCUT2D eigenvalue weighted by molar-refractivity contribution is 5.85. The number of rotatable bonds is 8. The third kappa shape index (κ3) is 5.59. The van der Waals surface area contributed by atoms with Crippen LogP contribution in [-0.2, 0) is 14.9 Å². The van der Waals surface area contributed by atoms with Crippen LogP contribution < -0.4 is 15.4 Å². The molecule has 0 bridgehead atoms. The van der Waals surface area contributed by atoms with E-state index in [1.807, 2.05) is 12.1 Å². The zero-order chi connectivity index (χ0) is 16.8. The molecule has 2 fully saturated rings. The molecule has 1 aliphatic carbocycles. The SMILES string of the molecule is COc1ccc(C2(CNC(=O)CNCC3CC3)CCOCC2)cc1.Cl. The summed E-state index contributed by atoms with van der Waals surface area (Å²) in [7, 11) is 1.67. The van der Waals surface area contributed by atoms with E-state index >= 15 is 0 Å². The van der Waals surface area contributed by atoms with Gasteiger partial charge in [-0.05, 0) is 55.8 Å². The molecule has 1 heterocycles. The highest BCUT2D eigenvalue weighted by atomic mass is 35.5. The van der Waals surface area contributed by atoms with Gasteiger partial charge in [-0.1, -0.05) is 12.1 Å². The molecular formula is C19H29ClN2O3. The number of hydrogen-bond acceptors (Lipinski definition) is 4. The van der Waals surface area contributed by atoms with Crippen molar-refractivity contribution in [3.05, 3.63) is 29.8 Å². The minimum atomic E-state index is -0.0450. The molecule has 1 aliphatic heterocycles. The molecule has 5 nitrogen and oxygen atoms in total.